The number of hydrogen-bond donors (Lipinski definition) is 1. The van der Waals surface area contributed by atoms with Gasteiger partial charge in [-0.05, 0) is 24.8 Å². The molecule has 0 saturated carbocycles. The Morgan fingerprint density at radius 3 is 2.61 bits per heavy atom. The Bertz CT molecular complexity index is 357. The Morgan fingerprint density at radius 2 is 1.94 bits per heavy atom. The van der Waals surface area contributed by atoms with Gasteiger partial charge in [-0.1, -0.05) is 26.7 Å². The maximum Gasteiger partial charge on any atom is 0.227 e. The maximum atomic E-state index is 4.61. The highest BCUT2D eigenvalue weighted by molar-refractivity contribution is 5.41. The van der Waals surface area contributed by atoms with Crippen molar-refractivity contribution in [3.63, 3.8) is 0 Å². The zero-order chi connectivity index (χ0) is 12.8. The van der Waals surface area contributed by atoms with Crippen LogP contribution in [0, 0.1) is 5.92 Å². The van der Waals surface area contributed by atoms with Crippen LogP contribution in [0.5, 0.6) is 0 Å². The number of nitrogens with one attached hydrogen (secondary N) is 1. The third kappa shape index (κ3) is 3.86. The SMILES string of the molecule is CC(C)CNc1ccnc(N2CCCCCC2)n1. The van der Waals surface area contributed by atoms with Crippen molar-refractivity contribution in [3.8, 4) is 0 Å². The van der Waals surface area contributed by atoms with Crippen molar-refractivity contribution in [1.82, 2.24) is 9.97 Å². The van der Waals surface area contributed by atoms with Crippen LogP contribution in [0.15, 0.2) is 12.3 Å². The van der Waals surface area contributed by atoms with Crippen LogP contribution < -0.4 is 10.2 Å². The molecule has 1 aromatic rings. The van der Waals surface area contributed by atoms with E-state index >= 15 is 0 Å². The van der Waals surface area contributed by atoms with Crippen molar-refractivity contribution < 1.29 is 0 Å². The number of hydrogen-bond acceptors (Lipinski definition) is 4. The minimum absolute atomic E-state index is 0.626. The van der Waals surface area contributed by atoms with E-state index in [9.17, 15) is 0 Å². The summed E-state index contributed by atoms with van der Waals surface area (Å²) in [5.74, 6) is 2.45. The van der Waals surface area contributed by atoms with E-state index in [0.29, 0.717) is 5.92 Å². The van der Waals surface area contributed by atoms with E-state index in [1.807, 2.05) is 12.3 Å². The predicted molar refractivity (Wildman–Crippen MR) is 76.0 cm³/mol. The van der Waals surface area contributed by atoms with Crippen LogP contribution in [-0.2, 0) is 0 Å². The second kappa shape index (κ2) is 6.57. The van der Waals surface area contributed by atoms with E-state index < -0.39 is 0 Å². The first-order valence-electron chi connectivity index (χ1n) is 7.07. The van der Waals surface area contributed by atoms with Gasteiger partial charge in [0.2, 0.25) is 5.95 Å². The van der Waals surface area contributed by atoms with E-state index in [0.717, 1.165) is 31.4 Å². The van der Waals surface area contributed by atoms with Crippen molar-refractivity contribution in [2.45, 2.75) is 39.5 Å². The highest BCUT2D eigenvalue weighted by Gasteiger charge is 2.12. The molecule has 2 rings (SSSR count). The minimum atomic E-state index is 0.626. The fourth-order valence-corrected chi connectivity index (χ4v) is 2.18. The molecule has 1 fully saturated rings. The molecule has 0 amide bonds. The molecule has 1 N–H and O–H groups in total. The highest BCUT2D eigenvalue weighted by atomic mass is 15.3. The minimum Gasteiger partial charge on any atom is -0.370 e. The van der Waals surface area contributed by atoms with Gasteiger partial charge in [0.1, 0.15) is 5.82 Å². The lowest BCUT2D eigenvalue weighted by Gasteiger charge is -2.20. The quantitative estimate of drug-likeness (QED) is 0.889. The fraction of sp³-hybridized carbons (Fsp3) is 0.714. The van der Waals surface area contributed by atoms with Crippen LogP contribution in [0.4, 0.5) is 11.8 Å². The van der Waals surface area contributed by atoms with Gasteiger partial charge in [-0.25, -0.2) is 4.98 Å². The summed E-state index contributed by atoms with van der Waals surface area (Å²) in [6.07, 6.45) is 7.04. The lowest BCUT2D eigenvalue weighted by atomic mass is 10.2. The van der Waals surface area contributed by atoms with Crippen molar-refractivity contribution in [2.75, 3.05) is 29.9 Å². The molecule has 4 nitrogen and oxygen atoms in total. The molecule has 0 aromatic carbocycles. The summed E-state index contributed by atoms with van der Waals surface area (Å²) in [6, 6.07) is 1.95. The number of aromatic nitrogens is 2. The van der Waals surface area contributed by atoms with Gasteiger partial charge >= 0.3 is 0 Å². The highest BCUT2D eigenvalue weighted by Crippen LogP contribution is 2.16. The Hall–Kier alpha value is -1.32. The fourth-order valence-electron chi connectivity index (χ4n) is 2.18. The molecular formula is C14H24N4. The normalized spacial score (nSPS) is 16.7. The first-order valence-corrected chi connectivity index (χ1v) is 7.07. The summed E-state index contributed by atoms with van der Waals surface area (Å²) in [6.45, 7) is 7.53. The largest absolute Gasteiger partial charge is 0.370 e. The molecule has 1 saturated heterocycles. The molecule has 1 aliphatic rings. The molecule has 1 aromatic heterocycles. The van der Waals surface area contributed by atoms with Crippen LogP contribution in [-0.4, -0.2) is 29.6 Å². The lowest BCUT2D eigenvalue weighted by molar-refractivity contribution is 0.686. The van der Waals surface area contributed by atoms with Gasteiger partial charge in [-0.15, -0.1) is 0 Å². The van der Waals surface area contributed by atoms with E-state index in [4.69, 9.17) is 0 Å². The van der Waals surface area contributed by atoms with Crippen LogP contribution in [0.2, 0.25) is 0 Å². The zero-order valence-electron chi connectivity index (χ0n) is 11.5. The molecule has 4 heteroatoms. The summed E-state index contributed by atoms with van der Waals surface area (Å²) in [5, 5.41) is 3.36. The Balaban J connectivity index is 2.01. The monoisotopic (exact) mass is 248 g/mol. The van der Waals surface area contributed by atoms with E-state index in [2.05, 4.69) is 34.0 Å². The van der Waals surface area contributed by atoms with Crippen molar-refractivity contribution in [2.24, 2.45) is 5.92 Å². The number of rotatable bonds is 4. The van der Waals surface area contributed by atoms with Gasteiger partial charge in [0, 0.05) is 25.8 Å². The molecule has 0 atom stereocenters. The third-order valence-electron chi connectivity index (χ3n) is 3.22. The molecule has 0 aliphatic carbocycles. The van der Waals surface area contributed by atoms with E-state index in [1.165, 1.54) is 25.7 Å². The molecular weight excluding hydrogens is 224 g/mol. The summed E-state index contributed by atoms with van der Waals surface area (Å²) < 4.78 is 0. The molecule has 2 heterocycles. The summed E-state index contributed by atoms with van der Waals surface area (Å²) in [7, 11) is 0. The molecule has 1 aliphatic heterocycles. The van der Waals surface area contributed by atoms with Gasteiger partial charge < -0.3 is 10.2 Å². The maximum absolute atomic E-state index is 4.61. The smallest absolute Gasteiger partial charge is 0.227 e. The molecule has 100 valence electrons. The van der Waals surface area contributed by atoms with Gasteiger partial charge in [0.25, 0.3) is 0 Å². The topological polar surface area (TPSA) is 41.1 Å². The number of anilines is 2. The Kier molecular flexibility index (Phi) is 4.79. The van der Waals surface area contributed by atoms with Crippen molar-refractivity contribution in [3.05, 3.63) is 12.3 Å². The summed E-state index contributed by atoms with van der Waals surface area (Å²) in [5.41, 5.74) is 0. The van der Waals surface area contributed by atoms with Gasteiger partial charge in [-0.2, -0.15) is 4.98 Å². The van der Waals surface area contributed by atoms with Gasteiger partial charge in [-0.3, -0.25) is 0 Å². The standard InChI is InChI=1S/C14H24N4/c1-12(2)11-16-13-7-8-15-14(17-13)18-9-5-3-4-6-10-18/h7-8,12H,3-6,9-11H2,1-2H3,(H,15,16,17). The summed E-state index contributed by atoms with van der Waals surface area (Å²) in [4.78, 5) is 11.3. The first-order chi connectivity index (χ1) is 8.75. The zero-order valence-corrected chi connectivity index (χ0v) is 11.5. The molecule has 0 radical (unpaired) electrons. The van der Waals surface area contributed by atoms with Crippen LogP contribution in [0.1, 0.15) is 39.5 Å². The second-order valence-corrected chi connectivity index (χ2v) is 5.42. The van der Waals surface area contributed by atoms with Gasteiger partial charge in [0.05, 0.1) is 0 Å². The third-order valence-corrected chi connectivity index (χ3v) is 3.22. The molecule has 0 bridgehead atoms. The van der Waals surface area contributed by atoms with Crippen molar-refractivity contribution >= 4 is 11.8 Å². The average molecular weight is 248 g/mol. The van der Waals surface area contributed by atoms with Crippen LogP contribution in [0.25, 0.3) is 0 Å². The Morgan fingerprint density at radius 1 is 1.22 bits per heavy atom. The molecule has 0 spiro atoms. The van der Waals surface area contributed by atoms with Crippen LogP contribution in [0.3, 0.4) is 0 Å². The van der Waals surface area contributed by atoms with E-state index in [-0.39, 0.29) is 0 Å². The molecule has 18 heavy (non-hydrogen) atoms. The first kappa shape index (κ1) is 13.1. The van der Waals surface area contributed by atoms with Crippen LogP contribution >= 0.6 is 0 Å². The van der Waals surface area contributed by atoms with E-state index in [1.54, 1.807) is 0 Å². The average Bonchev–Trinajstić information content (AvgIpc) is 2.65. The predicted octanol–water partition coefficient (Wildman–Crippen LogP) is 2.92. The van der Waals surface area contributed by atoms with Crippen molar-refractivity contribution in [1.29, 1.82) is 0 Å². The number of nitrogens with zero attached hydrogens (tertiary/aromatic N) is 3. The van der Waals surface area contributed by atoms with Gasteiger partial charge in [0.15, 0.2) is 0 Å². The lowest BCUT2D eigenvalue weighted by Crippen LogP contribution is -2.26. The Labute approximate surface area is 110 Å². The summed E-state index contributed by atoms with van der Waals surface area (Å²) >= 11 is 0. The molecule has 0 unspecified atom stereocenters. The second-order valence-electron chi connectivity index (χ2n) is 5.42.